The number of carbonyl (C=O) groups is 3. The highest BCUT2D eigenvalue weighted by atomic mass is 16.6. The predicted molar refractivity (Wildman–Crippen MR) is 199 cm³/mol. The molecule has 1 saturated heterocycles. The van der Waals surface area contributed by atoms with Gasteiger partial charge in [0.05, 0.1) is 6.61 Å². The highest BCUT2D eigenvalue weighted by Gasteiger charge is 2.45. The summed E-state index contributed by atoms with van der Waals surface area (Å²) in [6.45, 7) is 6.91. The van der Waals surface area contributed by atoms with E-state index in [4.69, 9.17) is 9.47 Å². The first-order valence-corrected chi connectivity index (χ1v) is 18.2. The first kappa shape index (κ1) is 45.5. The van der Waals surface area contributed by atoms with Gasteiger partial charge in [0.25, 0.3) is 0 Å². The van der Waals surface area contributed by atoms with Crippen molar-refractivity contribution in [3.8, 4) is 0 Å². The molecule has 0 radical (unpaired) electrons. The van der Waals surface area contributed by atoms with Crippen molar-refractivity contribution >= 4 is 17.9 Å². The minimum atomic E-state index is -1.70. The van der Waals surface area contributed by atoms with E-state index in [0.29, 0.717) is 32.2 Å². The van der Waals surface area contributed by atoms with Crippen molar-refractivity contribution in [3.63, 3.8) is 0 Å². The molecule has 0 aliphatic carbocycles. The van der Waals surface area contributed by atoms with Gasteiger partial charge in [-0.2, -0.15) is 0 Å². The molecule has 0 aromatic rings. The van der Waals surface area contributed by atoms with Gasteiger partial charge in [-0.05, 0) is 85.0 Å². The molecule has 288 valence electrons. The van der Waals surface area contributed by atoms with Crippen LogP contribution in [0.15, 0.2) is 72.9 Å². The van der Waals surface area contributed by atoms with Gasteiger partial charge in [0.1, 0.15) is 36.0 Å². The zero-order valence-electron chi connectivity index (χ0n) is 30.9. The van der Waals surface area contributed by atoms with E-state index in [-0.39, 0.29) is 12.3 Å². The van der Waals surface area contributed by atoms with Crippen LogP contribution in [0.5, 0.6) is 0 Å². The normalized spacial score (nSPS) is 22.2. The number of ether oxygens (including phenoxy) is 2. The summed E-state index contributed by atoms with van der Waals surface area (Å²) < 4.78 is 10.4. The average molecular weight is 718 g/mol. The van der Waals surface area contributed by atoms with Gasteiger partial charge in [-0.25, -0.2) is 4.79 Å². The number of carbonyl (C=O) groups excluding carboxylic acids is 3. The van der Waals surface area contributed by atoms with Gasteiger partial charge in [-0.1, -0.05) is 79.8 Å². The molecule has 6 atom stereocenters. The van der Waals surface area contributed by atoms with E-state index < -0.39 is 60.9 Å². The summed E-state index contributed by atoms with van der Waals surface area (Å²) in [5, 5.41) is 47.8. The van der Waals surface area contributed by atoms with Crippen LogP contribution in [0, 0.1) is 0 Å². The number of aliphatic hydroxyl groups excluding tert-OH is 4. The van der Waals surface area contributed by atoms with Crippen LogP contribution in [0.2, 0.25) is 0 Å². The second-order valence-corrected chi connectivity index (χ2v) is 13.3. The number of hydrogen-bond acceptors (Lipinski definition) is 9. The summed E-state index contributed by atoms with van der Waals surface area (Å²) in [6.07, 6.45) is 26.5. The van der Waals surface area contributed by atoms with Gasteiger partial charge in [-0.15, -0.1) is 0 Å². The molecule has 7 N–H and O–H groups in total. The number of nitrogens with one attached hydrogen (secondary N) is 3. The lowest BCUT2D eigenvalue weighted by Gasteiger charge is -2.40. The Balaban J connectivity index is 2.34. The van der Waals surface area contributed by atoms with Crippen LogP contribution < -0.4 is 16.0 Å². The van der Waals surface area contributed by atoms with Crippen molar-refractivity contribution in [2.24, 2.45) is 0 Å². The third-order valence-electron chi connectivity index (χ3n) is 7.59. The molecule has 1 aliphatic heterocycles. The first-order valence-electron chi connectivity index (χ1n) is 18.2. The Morgan fingerprint density at radius 1 is 0.784 bits per heavy atom. The molecule has 0 unspecified atom stereocenters. The number of alkyl carbamates (subject to hydrolysis) is 1. The molecule has 3 amide bonds. The molecular formula is C39H63N3O9. The van der Waals surface area contributed by atoms with Crippen molar-refractivity contribution in [1.82, 2.24) is 16.0 Å². The molecule has 12 heteroatoms. The zero-order valence-corrected chi connectivity index (χ0v) is 30.9. The number of aliphatic hydroxyl groups is 4. The minimum absolute atomic E-state index is 0.0873. The first-order chi connectivity index (χ1) is 24.4. The van der Waals surface area contributed by atoms with Crippen LogP contribution >= 0.6 is 0 Å². The van der Waals surface area contributed by atoms with E-state index in [1.165, 1.54) is 0 Å². The lowest BCUT2D eigenvalue weighted by atomic mass is 9.96. The molecule has 51 heavy (non-hydrogen) atoms. The Kier molecular flexibility index (Phi) is 24.2. The van der Waals surface area contributed by atoms with E-state index >= 15 is 0 Å². The Bertz CT molecular complexity index is 1170. The standard InChI is InChI=1S/C39H63N3O9/c1-5-6-7-8-9-10-11-12-13-14-15-16-17-18-19-20-21-22-23-27-32(44)40-28-25-24-26-30(41-38(49)51-39(2,3)4)36(47)42-33-35(46)34(45)31(29-43)50-37(33)48/h6-7,9-10,12-13,15-16,18-19,21-22,30-31,33-35,37,43,45-46,48H,5,8,11,14,17,20,23-29H2,1-4H3,(H,40,44)(H,41,49)(H,42,47)/b7-6-,10-9-,13-12-,16-15-,19-18-,22-21-/t30-,31+,33+,34+,35+,37+/m0/s1. The fraction of sp³-hybridized carbons (Fsp3) is 0.615. The average Bonchev–Trinajstić information content (AvgIpc) is 3.07. The Hall–Kier alpha value is -3.55. The molecule has 1 rings (SSSR count). The topological polar surface area (TPSA) is 187 Å². The summed E-state index contributed by atoms with van der Waals surface area (Å²) >= 11 is 0. The quantitative estimate of drug-likeness (QED) is 0.0588. The maximum absolute atomic E-state index is 13.1. The third-order valence-corrected chi connectivity index (χ3v) is 7.59. The summed E-state index contributed by atoms with van der Waals surface area (Å²) in [5.41, 5.74) is -0.812. The number of rotatable bonds is 23. The van der Waals surface area contributed by atoms with E-state index in [1.807, 2.05) is 12.2 Å². The summed E-state index contributed by atoms with van der Waals surface area (Å²) in [7, 11) is 0. The largest absolute Gasteiger partial charge is 0.444 e. The number of amides is 3. The van der Waals surface area contributed by atoms with Crippen molar-refractivity contribution < 1.29 is 44.3 Å². The lowest BCUT2D eigenvalue weighted by molar-refractivity contribution is -0.254. The lowest BCUT2D eigenvalue weighted by Crippen LogP contribution is -2.65. The van der Waals surface area contributed by atoms with E-state index in [9.17, 15) is 34.8 Å². The number of unbranched alkanes of at least 4 members (excludes halogenated alkanes) is 1. The fourth-order valence-electron chi connectivity index (χ4n) is 4.88. The predicted octanol–water partition coefficient (Wildman–Crippen LogP) is 4.56. The summed E-state index contributed by atoms with van der Waals surface area (Å²) in [5.74, 6) is -0.821. The van der Waals surface area contributed by atoms with Crippen LogP contribution in [0.3, 0.4) is 0 Å². The molecule has 1 heterocycles. The van der Waals surface area contributed by atoms with Gasteiger partial charge in [0.15, 0.2) is 6.29 Å². The zero-order chi connectivity index (χ0) is 37.9. The highest BCUT2D eigenvalue weighted by Crippen LogP contribution is 2.20. The number of hydrogen-bond donors (Lipinski definition) is 7. The Labute approximate surface area is 304 Å². The van der Waals surface area contributed by atoms with Crippen LogP contribution in [-0.2, 0) is 19.1 Å². The second kappa shape index (κ2) is 27.1. The second-order valence-electron chi connectivity index (χ2n) is 13.3. The van der Waals surface area contributed by atoms with E-state index in [1.54, 1.807) is 20.8 Å². The van der Waals surface area contributed by atoms with Crippen LogP contribution in [0.1, 0.15) is 98.3 Å². The van der Waals surface area contributed by atoms with Crippen molar-refractivity contribution in [2.75, 3.05) is 13.2 Å². The molecule has 0 spiro atoms. The molecule has 0 aromatic heterocycles. The van der Waals surface area contributed by atoms with Crippen LogP contribution in [-0.4, -0.2) is 93.8 Å². The van der Waals surface area contributed by atoms with Crippen molar-refractivity contribution in [3.05, 3.63) is 72.9 Å². The van der Waals surface area contributed by atoms with Crippen molar-refractivity contribution in [2.45, 2.75) is 141 Å². The molecule has 1 fully saturated rings. The van der Waals surface area contributed by atoms with Crippen LogP contribution in [0.25, 0.3) is 0 Å². The maximum atomic E-state index is 13.1. The fourth-order valence-corrected chi connectivity index (χ4v) is 4.88. The number of allylic oxidation sites excluding steroid dienone is 12. The molecule has 0 bridgehead atoms. The molecule has 1 aliphatic rings. The smallest absolute Gasteiger partial charge is 0.408 e. The third kappa shape index (κ3) is 22.1. The minimum Gasteiger partial charge on any atom is -0.444 e. The highest BCUT2D eigenvalue weighted by molar-refractivity contribution is 5.86. The Morgan fingerprint density at radius 2 is 1.31 bits per heavy atom. The molecular weight excluding hydrogens is 654 g/mol. The van der Waals surface area contributed by atoms with E-state index in [2.05, 4.69) is 83.6 Å². The molecule has 0 aromatic carbocycles. The van der Waals surface area contributed by atoms with Gasteiger partial charge >= 0.3 is 6.09 Å². The molecule has 0 saturated carbocycles. The van der Waals surface area contributed by atoms with E-state index in [0.717, 1.165) is 38.5 Å². The van der Waals surface area contributed by atoms with Gasteiger partial charge in [0.2, 0.25) is 11.8 Å². The SMILES string of the molecule is CC/C=C\C/C=C\C/C=C\C/C=C\C/C=C\C/C=C\CCC(=O)NCCCC[C@H](NC(=O)OC(C)(C)C)C(=O)N[C@@H]1[C@@H](O)[C@H](O)[C@@H](CO)O[C@H]1O. The summed E-state index contributed by atoms with van der Waals surface area (Å²) in [6, 6.07) is -2.51. The Morgan fingerprint density at radius 3 is 1.82 bits per heavy atom. The van der Waals surface area contributed by atoms with Gasteiger partial charge in [0, 0.05) is 13.0 Å². The van der Waals surface area contributed by atoms with Gasteiger partial charge < -0.3 is 45.9 Å². The van der Waals surface area contributed by atoms with Crippen molar-refractivity contribution in [1.29, 1.82) is 0 Å². The maximum Gasteiger partial charge on any atom is 0.408 e. The summed E-state index contributed by atoms with van der Waals surface area (Å²) in [4.78, 5) is 37.8. The van der Waals surface area contributed by atoms with Crippen LogP contribution in [0.4, 0.5) is 4.79 Å². The molecule has 12 nitrogen and oxygen atoms in total. The van der Waals surface area contributed by atoms with Gasteiger partial charge in [-0.3, -0.25) is 9.59 Å². The monoisotopic (exact) mass is 717 g/mol.